The Morgan fingerprint density at radius 3 is 2.42 bits per heavy atom. The summed E-state index contributed by atoms with van der Waals surface area (Å²) in [6, 6.07) is 11.9. The number of methoxy groups -OCH3 is 2. The van der Waals surface area contributed by atoms with Crippen LogP contribution >= 0.6 is 11.8 Å². The molecule has 2 aromatic heterocycles. The maximum absolute atomic E-state index is 10.1. The summed E-state index contributed by atoms with van der Waals surface area (Å²) in [6.07, 6.45) is 6.33. The Balaban J connectivity index is 2.06. The molecule has 0 aliphatic heterocycles. The second-order valence-corrected chi connectivity index (χ2v) is 7.40. The maximum Gasteiger partial charge on any atom is 0.189 e. The van der Waals surface area contributed by atoms with Crippen molar-refractivity contribution in [3.05, 3.63) is 53.9 Å². The van der Waals surface area contributed by atoms with E-state index in [-0.39, 0.29) is 0 Å². The smallest absolute Gasteiger partial charge is 0.189 e. The Kier molecular flexibility index (Phi) is 7.68. The van der Waals surface area contributed by atoms with Gasteiger partial charge in [0, 0.05) is 31.0 Å². The minimum atomic E-state index is 0.446. The van der Waals surface area contributed by atoms with Gasteiger partial charge >= 0.3 is 0 Å². The summed E-state index contributed by atoms with van der Waals surface area (Å²) < 4.78 is 10.8. The molecule has 3 aromatic rings. The number of hydrogen-bond acceptors (Lipinski definition) is 8. The second kappa shape index (κ2) is 10.6. The summed E-state index contributed by atoms with van der Waals surface area (Å²) in [6.45, 7) is 3.51. The van der Waals surface area contributed by atoms with Gasteiger partial charge in [0.1, 0.15) is 11.6 Å². The number of nitriles is 1. The monoisotopic (exact) mass is 435 g/mol. The minimum absolute atomic E-state index is 0.446. The van der Waals surface area contributed by atoms with Gasteiger partial charge in [0.15, 0.2) is 22.5 Å². The first kappa shape index (κ1) is 22.4. The molecule has 0 aliphatic carbocycles. The first-order valence-electron chi connectivity index (χ1n) is 9.87. The maximum atomic E-state index is 10.1. The first-order chi connectivity index (χ1) is 15.1. The third-order valence-corrected chi connectivity index (χ3v) is 5.47. The molecule has 31 heavy (non-hydrogen) atoms. The molecule has 2 heterocycles. The third kappa shape index (κ3) is 5.06. The van der Waals surface area contributed by atoms with Gasteiger partial charge in [-0.3, -0.25) is 4.98 Å². The Morgan fingerprint density at radius 1 is 1.06 bits per heavy atom. The van der Waals surface area contributed by atoms with Crippen molar-refractivity contribution >= 4 is 17.6 Å². The van der Waals surface area contributed by atoms with Crippen LogP contribution in [-0.2, 0) is 6.42 Å². The molecule has 7 nitrogen and oxygen atoms in total. The van der Waals surface area contributed by atoms with Crippen molar-refractivity contribution in [1.29, 1.82) is 5.26 Å². The predicted molar refractivity (Wildman–Crippen MR) is 123 cm³/mol. The van der Waals surface area contributed by atoms with Crippen molar-refractivity contribution in [1.82, 2.24) is 15.0 Å². The van der Waals surface area contributed by atoms with Gasteiger partial charge < -0.3 is 14.4 Å². The molecule has 0 aliphatic rings. The lowest BCUT2D eigenvalue weighted by Crippen LogP contribution is -2.28. The van der Waals surface area contributed by atoms with Crippen molar-refractivity contribution in [3.63, 3.8) is 0 Å². The van der Waals surface area contributed by atoms with E-state index < -0.39 is 0 Å². The SMILES string of the molecule is CCN(CCc1ccncc1)c1nc(SC)nc(-c2ccc(OC)c(OC)c2)c1C#N. The van der Waals surface area contributed by atoms with Crippen LogP contribution in [0.1, 0.15) is 18.1 Å². The number of benzene rings is 1. The van der Waals surface area contributed by atoms with Gasteiger partial charge in [-0.05, 0) is 55.5 Å². The molecule has 0 N–H and O–H groups in total. The van der Waals surface area contributed by atoms with Gasteiger partial charge in [-0.1, -0.05) is 11.8 Å². The minimum Gasteiger partial charge on any atom is -0.493 e. The average Bonchev–Trinajstić information content (AvgIpc) is 2.83. The summed E-state index contributed by atoms with van der Waals surface area (Å²) in [5.41, 5.74) is 2.99. The molecule has 0 spiro atoms. The molecular formula is C23H25N5O2S. The Morgan fingerprint density at radius 2 is 1.81 bits per heavy atom. The number of hydrogen-bond donors (Lipinski definition) is 0. The molecule has 160 valence electrons. The zero-order valence-electron chi connectivity index (χ0n) is 18.1. The van der Waals surface area contributed by atoms with Crippen molar-refractivity contribution in [3.8, 4) is 28.8 Å². The highest BCUT2D eigenvalue weighted by molar-refractivity contribution is 7.98. The van der Waals surface area contributed by atoms with Crippen molar-refractivity contribution < 1.29 is 9.47 Å². The number of ether oxygens (including phenoxy) is 2. The number of rotatable bonds is 9. The van der Waals surface area contributed by atoms with Gasteiger partial charge in [0.25, 0.3) is 0 Å². The Labute approximate surface area is 187 Å². The van der Waals surface area contributed by atoms with E-state index >= 15 is 0 Å². The third-order valence-electron chi connectivity index (χ3n) is 4.92. The lowest BCUT2D eigenvalue weighted by molar-refractivity contribution is 0.355. The Bertz CT molecular complexity index is 1070. The number of aromatic nitrogens is 3. The van der Waals surface area contributed by atoms with Gasteiger partial charge in [0.05, 0.1) is 19.9 Å². The molecule has 0 fully saturated rings. The second-order valence-electron chi connectivity index (χ2n) is 6.62. The van der Waals surface area contributed by atoms with Crippen LogP contribution < -0.4 is 14.4 Å². The highest BCUT2D eigenvalue weighted by Gasteiger charge is 2.21. The number of nitrogens with zero attached hydrogens (tertiary/aromatic N) is 5. The fraction of sp³-hybridized carbons (Fsp3) is 0.304. The molecule has 0 saturated carbocycles. The number of anilines is 1. The van der Waals surface area contributed by atoms with Crippen molar-refractivity contribution in [2.45, 2.75) is 18.5 Å². The van der Waals surface area contributed by atoms with E-state index in [2.05, 4.69) is 27.9 Å². The van der Waals surface area contributed by atoms with E-state index in [1.165, 1.54) is 17.3 Å². The molecule has 0 atom stereocenters. The van der Waals surface area contributed by atoms with Crippen LogP contribution in [0.2, 0.25) is 0 Å². The number of likely N-dealkylation sites (N-methyl/N-ethyl adjacent to an activating group) is 1. The molecule has 0 amide bonds. The summed E-state index contributed by atoms with van der Waals surface area (Å²) >= 11 is 1.45. The molecular weight excluding hydrogens is 410 g/mol. The van der Waals surface area contributed by atoms with Crippen molar-refractivity contribution in [2.24, 2.45) is 0 Å². The average molecular weight is 436 g/mol. The van der Waals surface area contributed by atoms with Crippen molar-refractivity contribution in [2.75, 3.05) is 38.5 Å². The zero-order chi connectivity index (χ0) is 22.2. The van der Waals surface area contributed by atoms with E-state index in [0.29, 0.717) is 33.7 Å². The molecule has 0 bridgehead atoms. The quantitative estimate of drug-likeness (QED) is 0.365. The van der Waals surface area contributed by atoms with Gasteiger partial charge in [0.2, 0.25) is 0 Å². The molecule has 1 aromatic carbocycles. The number of thioether (sulfide) groups is 1. The van der Waals surface area contributed by atoms with E-state index in [0.717, 1.165) is 25.1 Å². The normalized spacial score (nSPS) is 10.4. The highest BCUT2D eigenvalue weighted by Crippen LogP contribution is 2.35. The van der Waals surface area contributed by atoms with E-state index in [4.69, 9.17) is 14.5 Å². The molecule has 3 rings (SSSR count). The lowest BCUT2D eigenvalue weighted by atomic mass is 10.1. The van der Waals surface area contributed by atoms with E-state index in [1.54, 1.807) is 26.6 Å². The van der Waals surface area contributed by atoms with Crippen LogP contribution in [0.5, 0.6) is 11.5 Å². The van der Waals surface area contributed by atoms with Crippen LogP contribution in [0.15, 0.2) is 47.9 Å². The summed E-state index contributed by atoms with van der Waals surface area (Å²) in [4.78, 5) is 15.5. The molecule has 0 saturated heterocycles. The van der Waals surface area contributed by atoms with Gasteiger partial charge in [-0.15, -0.1) is 0 Å². The van der Waals surface area contributed by atoms with Gasteiger partial charge in [-0.2, -0.15) is 5.26 Å². The molecule has 0 unspecified atom stereocenters. The highest BCUT2D eigenvalue weighted by atomic mass is 32.2. The zero-order valence-corrected chi connectivity index (χ0v) is 18.9. The van der Waals surface area contributed by atoms with Crippen LogP contribution in [-0.4, -0.2) is 48.5 Å². The van der Waals surface area contributed by atoms with E-state index in [1.807, 2.05) is 36.6 Å². The summed E-state index contributed by atoms with van der Waals surface area (Å²) in [5.74, 6) is 1.85. The topological polar surface area (TPSA) is 84.2 Å². The van der Waals surface area contributed by atoms with Crippen LogP contribution in [0, 0.1) is 11.3 Å². The fourth-order valence-corrected chi connectivity index (χ4v) is 3.63. The van der Waals surface area contributed by atoms with Crippen LogP contribution in [0.3, 0.4) is 0 Å². The fourth-order valence-electron chi connectivity index (χ4n) is 3.27. The molecule has 0 radical (unpaired) electrons. The summed E-state index contributed by atoms with van der Waals surface area (Å²) in [7, 11) is 3.18. The predicted octanol–water partition coefficient (Wildman–Crippen LogP) is 4.22. The van der Waals surface area contributed by atoms with Crippen LogP contribution in [0.25, 0.3) is 11.3 Å². The standard InChI is InChI=1S/C23H25N5O2S/c1-5-28(13-10-16-8-11-25-12-9-16)22-18(15-24)21(26-23(27-22)31-4)17-6-7-19(29-2)20(14-17)30-3/h6-9,11-12,14H,5,10,13H2,1-4H3. The first-order valence-corrected chi connectivity index (χ1v) is 11.1. The van der Waals surface area contributed by atoms with E-state index in [9.17, 15) is 5.26 Å². The summed E-state index contributed by atoms with van der Waals surface area (Å²) in [5, 5.41) is 10.7. The molecule has 8 heteroatoms. The van der Waals surface area contributed by atoms with Gasteiger partial charge in [-0.25, -0.2) is 9.97 Å². The Hall–Kier alpha value is -3.31. The largest absolute Gasteiger partial charge is 0.493 e. The van der Waals surface area contributed by atoms with Crippen LogP contribution in [0.4, 0.5) is 5.82 Å². The number of pyridine rings is 1. The lowest BCUT2D eigenvalue weighted by Gasteiger charge is -2.24.